The predicted molar refractivity (Wildman–Crippen MR) is 157 cm³/mol. The third-order valence-corrected chi connectivity index (χ3v) is 8.83. The van der Waals surface area contributed by atoms with E-state index in [0.29, 0.717) is 16.7 Å². The first-order valence-corrected chi connectivity index (χ1v) is 13.8. The Bertz CT molecular complexity index is 2020. The van der Waals surface area contributed by atoms with Crippen molar-refractivity contribution in [2.24, 2.45) is 0 Å². The van der Waals surface area contributed by atoms with Gasteiger partial charge < -0.3 is 9.64 Å². The van der Waals surface area contributed by atoms with Crippen LogP contribution >= 0.6 is 0 Å². The minimum Gasteiger partial charge on any atom is -0.453 e. The Morgan fingerprint density at radius 2 is 0.857 bits per heavy atom. The maximum atomic E-state index is 15.1. The molecule has 9 rings (SSSR count). The van der Waals surface area contributed by atoms with E-state index in [1.54, 1.807) is 18.2 Å². The van der Waals surface area contributed by atoms with Crippen LogP contribution in [0.2, 0.25) is 0 Å². The minimum atomic E-state index is -1.11. The maximum absolute atomic E-state index is 15.1. The van der Waals surface area contributed by atoms with Crippen molar-refractivity contribution in [3.05, 3.63) is 161 Å². The predicted octanol–water partition coefficient (Wildman–Crippen LogP) is 10.0. The van der Waals surface area contributed by atoms with Gasteiger partial charge in [0.25, 0.3) is 0 Å². The molecule has 0 radical (unpaired) electrons. The van der Waals surface area contributed by atoms with E-state index in [9.17, 15) is 0 Å². The number of fused-ring (bicyclic) bond motifs is 12. The molecule has 0 amide bonds. The average molecular weight is 552 g/mol. The highest BCUT2D eigenvalue weighted by atomic mass is 19.1. The Kier molecular flexibility index (Phi) is 4.54. The van der Waals surface area contributed by atoms with E-state index in [2.05, 4.69) is 11.0 Å². The van der Waals surface area contributed by atoms with Crippen molar-refractivity contribution >= 4 is 17.1 Å². The van der Waals surface area contributed by atoms with Gasteiger partial charge in [0.15, 0.2) is 11.5 Å². The largest absolute Gasteiger partial charge is 0.453 e. The molecule has 6 aromatic rings. The second-order valence-corrected chi connectivity index (χ2v) is 10.9. The molecule has 1 heterocycles. The summed E-state index contributed by atoms with van der Waals surface area (Å²) in [6.45, 7) is 0. The zero-order chi connectivity index (χ0) is 28.2. The Hall–Kier alpha value is -5.29. The molecule has 3 aliphatic rings. The minimum absolute atomic E-state index is 0.403. The quantitative estimate of drug-likeness (QED) is 0.201. The maximum Gasteiger partial charge on any atom is 0.151 e. The van der Waals surface area contributed by atoms with Gasteiger partial charge >= 0.3 is 0 Å². The lowest BCUT2D eigenvalue weighted by atomic mass is 9.70. The number of nitrogens with zero attached hydrogens (tertiary/aromatic N) is 1. The molecule has 0 saturated carbocycles. The van der Waals surface area contributed by atoms with Crippen molar-refractivity contribution in [3.63, 3.8) is 0 Å². The van der Waals surface area contributed by atoms with Gasteiger partial charge in [-0.1, -0.05) is 48.5 Å². The summed E-state index contributed by atoms with van der Waals surface area (Å²) < 4.78 is 51.4. The Morgan fingerprint density at radius 1 is 0.452 bits per heavy atom. The third kappa shape index (κ3) is 2.90. The molecule has 2 nitrogen and oxygen atoms in total. The van der Waals surface area contributed by atoms with Crippen LogP contribution in [0.5, 0.6) is 11.5 Å². The zero-order valence-corrected chi connectivity index (χ0v) is 22.0. The normalized spacial score (nSPS) is 14.4. The number of para-hydroxylation sites is 4. The van der Waals surface area contributed by atoms with Gasteiger partial charge in [-0.05, 0) is 117 Å². The van der Waals surface area contributed by atoms with Gasteiger partial charge in [-0.25, -0.2) is 13.2 Å². The molecular weight excluding hydrogens is 531 g/mol. The topological polar surface area (TPSA) is 12.5 Å². The van der Waals surface area contributed by atoms with E-state index in [0.717, 1.165) is 56.4 Å². The Balaban J connectivity index is 1.39. The van der Waals surface area contributed by atoms with E-state index in [4.69, 9.17) is 4.74 Å². The van der Waals surface area contributed by atoms with Crippen molar-refractivity contribution in [3.8, 4) is 33.8 Å². The zero-order valence-electron chi connectivity index (χ0n) is 22.0. The van der Waals surface area contributed by atoms with Crippen LogP contribution in [0.15, 0.2) is 121 Å². The van der Waals surface area contributed by atoms with Gasteiger partial charge in [0, 0.05) is 5.69 Å². The van der Waals surface area contributed by atoms with Crippen LogP contribution in [-0.4, -0.2) is 0 Å². The molecule has 0 unspecified atom stereocenters. The van der Waals surface area contributed by atoms with Gasteiger partial charge in [-0.15, -0.1) is 0 Å². The standard InChI is InChI=1S/C37H20F3NO/c38-21-9-13-25-26-14-10-22(39)18-30(26)37(29(25)17-21)31-19-23(40)11-15-27(31)28-16-12-24(20-32(28)37)41-33-5-1-3-7-35(33)42-36-8-4-2-6-34(36)41/h1-20H. The number of ether oxygens (including phenoxy) is 1. The summed E-state index contributed by atoms with van der Waals surface area (Å²) in [6, 6.07) is 35.9. The highest BCUT2D eigenvalue weighted by Crippen LogP contribution is 2.64. The average Bonchev–Trinajstić information content (AvgIpc) is 3.45. The summed E-state index contributed by atoms with van der Waals surface area (Å²) in [5.74, 6) is 0.231. The molecule has 1 spiro atoms. The van der Waals surface area contributed by atoms with E-state index >= 15 is 13.2 Å². The molecule has 200 valence electrons. The summed E-state index contributed by atoms with van der Waals surface area (Å²) in [4.78, 5) is 2.14. The number of rotatable bonds is 1. The van der Waals surface area contributed by atoms with Gasteiger partial charge in [0.05, 0.1) is 16.8 Å². The molecule has 5 heteroatoms. The second kappa shape index (κ2) is 8.14. The summed E-state index contributed by atoms with van der Waals surface area (Å²) in [7, 11) is 0. The van der Waals surface area contributed by atoms with Crippen molar-refractivity contribution < 1.29 is 17.9 Å². The van der Waals surface area contributed by atoms with Gasteiger partial charge in [0.1, 0.15) is 17.5 Å². The monoisotopic (exact) mass is 551 g/mol. The van der Waals surface area contributed by atoms with Crippen molar-refractivity contribution in [1.82, 2.24) is 0 Å². The van der Waals surface area contributed by atoms with Crippen molar-refractivity contribution in [2.45, 2.75) is 5.41 Å². The van der Waals surface area contributed by atoms with E-state index in [1.165, 1.54) is 36.4 Å². The molecule has 0 saturated heterocycles. The fourth-order valence-electron chi connectivity index (χ4n) is 7.25. The van der Waals surface area contributed by atoms with Crippen molar-refractivity contribution in [1.29, 1.82) is 0 Å². The van der Waals surface area contributed by atoms with Crippen LogP contribution in [0.4, 0.5) is 30.2 Å². The van der Waals surface area contributed by atoms with Crippen LogP contribution in [0.3, 0.4) is 0 Å². The third-order valence-electron chi connectivity index (χ3n) is 8.83. The van der Waals surface area contributed by atoms with E-state index < -0.39 is 22.9 Å². The van der Waals surface area contributed by atoms with Crippen LogP contribution in [0, 0.1) is 17.5 Å². The first-order chi connectivity index (χ1) is 20.5. The number of anilines is 3. The van der Waals surface area contributed by atoms with Crippen LogP contribution < -0.4 is 9.64 Å². The molecule has 42 heavy (non-hydrogen) atoms. The number of hydrogen-bond donors (Lipinski definition) is 0. The van der Waals surface area contributed by atoms with E-state index in [1.807, 2.05) is 60.7 Å². The molecule has 0 bridgehead atoms. The SMILES string of the molecule is Fc1ccc2c(c1)C1(c3cc(F)ccc3-2)c2cc(F)ccc2-c2ccc(N3c4ccccc4Oc4ccccc43)cc21. The summed E-state index contributed by atoms with van der Waals surface area (Å²) in [6.07, 6.45) is 0. The fraction of sp³-hybridized carbons (Fsp3) is 0.0270. The molecule has 0 atom stereocenters. The number of halogens is 3. The molecular formula is C37H20F3NO. The molecule has 1 aliphatic heterocycles. The smallest absolute Gasteiger partial charge is 0.151 e. The van der Waals surface area contributed by atoms with Crippen LogP contribution in [0.25, 0.3) is 22.3 Å². The van der Waals surface area contributed by atoms with Crippen LogP contribution in [0.1, 0.15) is 22.3 Å². The Labute approximate surface area is 239 Å². The highest BCUT2D eigenvalue weighted by molar-refractivity contribution is 5.97. The van der Waals surface area contributed by atoms with Gasteiger partial charge in [0.2, 0.25) is 0 Å². The fourth-order valence-corrected chi connectivity index (χ4v) is 7.25. The van der Waals surface area contributed by atoms with E-state index in [-0.39, 0.29) is 0 Å². The molecule has 6 aromatic carbocycles. The molecule has 0 fully saturated rings. The molecule has 2 aliphatic carbocycles. The molecule has 0 N–H and O–H groups in total. The Morgan fingerprint density at radius 3 is 1.33 bits per heavy atom. The molecule has 0 aromatic heterocycles. The van der Waals surface area contributed by atoms with Crippen molar-refractivity contribution in [2.75, 3.05) is 4.90 Å². The summed E-state index contributed by atoms with van der Waals surface area (Å²) in [5, 5.41) is 0. The lowest BCUT2D eigenvalue weighted by Crippen LogP contribution is -2.27. The number of hydrogen-bond acceptors (Lipinski definition) is 2. The lowest BCUT2D eigenvalue weighted by Gasteiger charge is -2.34. The number of benzene rings is 6. The lowest BCUT2D eigenvalue weighted by molar-refractivity contribution is 0.477. The first-order valence-electron chi connectivity index (χ1n) is 13.8. The van der Waals surface area contributed by atoms with Gasteiger partial charge in [-0.3, -0.25) is 0 Å². The second-order valence-electron chi connectivity index (χ2n) is 10.9. The highest BCUT2D eigenvalue weighted by Gasteiger charge is 2.52. The van der Waals surface area contributed by atoms with Crippen LogP contribution in [-0.2, 0) is 5.41 Å². The van der Waals surface area contributed by atoms with Gasteiger partial charge in [-0.2, -0.15) is 0 Å². The summed E-state index contributed by atoms with van der Waals surface area (Å²) >= 11 is 0. The first kappa shape index (κ1) is 23.4. The summed E-state index contributed by atoms with van der Waals surface area (Å²) in [5.41, 5.74) is 7.71.